The summed E-state index contributed by atoms with van der Waals surface area (Å²) in [5.74, 6) is 0. The van der Waals surface area contributed by atoms with Crippen LogP contribution in [0, 0.1) is 0 Å². The van der Waals surface area contributed by atoms with Gasteiger partial charge in [0.05, 0.1) is 18.8 Å². The van der Waals surface area contributed by atoms with E-state index in [0.717, 1.165) is 13.2 Å². The van der Waals surface area contributed by atoms with E-state index in [0.29, 0.717) is 0 Å². The first-order valence-electron chi connectivity index (χ1n) is 5.22. The lowest BCUT2D eigenvalue weighted by Crippen LogP contribution is -2.56. The molecule has 1 aliphatic heterocycles. The Hall–Kier alpha value is -1.06. The van der Waals surface area contributed by atoms with Crippen LogP contribution in [0.1, 0.15) is 5.56 Å². The minimum Gasteiger partial charge on any atom is -0.378 e. The number of ether oxygens (including phenoxy) is 1. The van der Waals surface area contributed by atoms with Crippen LogP contribution >= 0.6 is 0 Å². The van der Waals surface area contributed by atoms with Gasteiger partial charge in [-0.25, -0.2) is 0 Å². The van der Waals surface area contributed by atoms with Crippen LogP contribution in [0.4, 0.5) is 5.69 Å². The first-order chi connectivity index (χ1) is 7.18. The van der Waals surface area contributed by atoms with Crippen molar-refractivity contribution < 1.29 is 4.74 Å². The zero-order chi connectivity index (χ0) is 10.9. The van der Waals surface area contributed by atoms with Crippen LogP contribution in [0.15, 0.2) is 24.3 Å². The van der Waals surface area contributed by atoms with Gasteiger partial charge in [0.1, 0.15) is 0 Å². The van der Waals surface area contributed by atoms with Gasteiger partial charge in [-0.3, -0.25) is 0 Å². The first-order valence-corrected chi connectivity index (χ1v) is 5.22. The van der Waals surface area contributed by atoms with Gasteiger partial charge in [0.15, 0.2) is 0 Å². The Morgan fingerprint density at radius 2 is 1.80 bits per heavy atom. The highest BCUT2D eigenvalue weighted by molar-refractivity contribution is 5.47. The summed E-state index contributed by atoms with van der Waals surface area (Å²) in [6.45, 7) is 1.54. The van der Waals surface area contributed by atoms with E-state index in [1.54, 1.807) is 0 Å². The molecule has 0 bridgehead atoms. The van der Waals surface area contributed by atoms with E-state index in [1.807, 2.05) is 7.05 Å². The maximum absolute atomic E-state index is 5.29. The molecule has 0 radical (unpaired) electrons. The monoisotopic (exact) mass is 206 g/mol. The van der Waals surface area contributed by atoms with Crippen LogP contribution in [-0.4, -0.2) is 34.4 Å². The number of nitrogens with one attached hydrogen (secondary N) is 1. The van der Waals surface area contributed by atoms with Gasteiger partial charge in [0.25, 0.3) is 0 Å². The Kier molecular flexibility index (Phi) is 2.67. The Bertz CT molecular complexity index is 322. The number of rotatable bonds is 3. The molecule has 3 heteroatoms. The van der Waals surface area contributed by atoms with Gasteiger partial charge in [0.2, 0.25) is 0 Å². The molecule has 0 amide bonds. The molecule has 1 aliphatic rings. The van der Waals surface area contributed by atoms with Crippen LogP contribution < -0.4 is 10.2 Å². The standard InChI is InChI=1S/C12H18N2O/c1-13-12(8-15-9-12)10-4-6-11(7-5-10)14(2)3/h4-7,13H,8-9H2,1-3H3. The van der Waals surface area contributed by atoms with E-state index in [2.05, 4.69) is 48.6 Å². The second kappa shape index (κ2) is 3.83. The molecular formula is C12H18N2O. The summed E-state index contributed by atoms with van der Waals surface area (Å²) in [6.07, 6.45) is 0. The Morgan fingerprint density at radius 3 is 2.13 bits per heavy atom. The van der Waals surface area contributed by atoms with Crippen molar-refractivity contribution in [1.82, 2.24) is 5.32 Å². The molecule has 1 fully saturated rings. The smallest absolute Gasteiger partial charge is 0.0906 e. The normalized spacial score (nSPS) is 18.3. The fraction of sp³-hybridized carbons (Fsp3) is 0.500. The number of benzene rings is 1. The molecule has 0 atom stereocenters. The maximum Gasteiger partial charge on any atom is 0.0906 e. The van der Waals surface area contributed by atoms with Crippen molar-refractivity contribution in [2.45, 2.75) is 5.54 Å². The number of nitrogens with zero attached hydrogens (tertiary/aromatic N) is 1. The second-order valence-corrected chi connectivity index (χ2v) is 4.27. The Labute approximate surface area is 91.0 Å². The van der Waals surface area contributed by atoms with Gasteiger partial charge in [-0.2, -0.15) is 0 Å². The van der Waals surface area contributed by atoms with Crippen molar-refractivity contribution >= 4 is 5.69 Å². The van der Waals surface area contributed by atoms with Crippen molar-refractivity contribution in [3.8, 4) is 0 Å². The van der Waals surface area contributed by atoms with Gasteiger partial charge >= 0.3 is 0 Å². The lowest BCUT2D eigenvalue weighted by molar-refractivity contribution is -0.0747. The predicted octanol–water partition coefficient (Wildman–Crippen LogP) is 1.20. The zero-order valence-corrected chi connectivity index (χ0v) is 9.58. The van der Waals surface area contributed by atoms with Gasteiger partial charge in [-0.05, 0) is 24.7 Å². The van der Waals surface area contributed by atoms with Crippen LogP contribution in [0.2, 0.25) is 0 Å². The molecule has 0 spiro atoms. The summed E-state index contributed by atoms with van der Waals surface area (Å²) < 4.78 is 5.29. The van der Waals surface area contributed by atoms with Crippen LogP contribution in [0.5, 0.6) is 0 Å². The number of hydrogen-bond donors (Lipinski definition) is 1. The van der Waals surface area contributed by atoms with Crippen molar-refractivity contribution in [1.29, 1.82) is 0 Å². The summed E-state index contributed by atoms with van der Waals surface area (Å²) in [4.78, 5) is 2.10. The van der Waals surface area contributed by atoms with Crippen LogP contribution in [-0.2, 0) is 10.3 Å². The summed E-state index contributed by atoms with van der Waals surface area (Å²) >= 11 is 0. The van der Waals surface area contributed by atoms with Crippen molar-refractivity contribution in [3.05, 3.63) is 29.8 Å². The van der Waals surface area contributed by atoms with E-state index in [-0.39, 0.29) is 5.54 Å². The molecule has 1 aromatic carbocycles. The van der Waals surface area contributed by atoms with E-state index in [1.165, 1.54) is 11.3 Å². The summed E-state index contributed by atoms with van der Waals surface area (Å²) in [6, 6.07) is 8.64. The van der Waals surface area contributed by atoms with Crippen LogP contribution in [0.3, 0.4) is 0 Å². The molecule has 1 aromatic rings. The number of hydrogen-bond acceptors (Lipinski definition) is 3. The van der Waals surface area contributed by atoms with Crippen molar-refractivity contribution in [3.63, 3.8) is 0 Å². The van der Waals surface area contributed by atoms with Gasteiger partial charge in [-0.1, -0.05) is 12.1 Å². The average molecular weight is 206 g/mol. The maximum atomic E-state index is 5.29. The molecule has 1 N–H and O–H groups in total. The SMILES string of the molecule is CNC1(c2ccc(N(C)C)cc2)COC1. The Balaban J connectivity index is 2.23. The third-order valence-electron chi connectivity index (χ3n) is 3.11. The fourth-order valence-corrected chi connectivity index (χ4v) is 1.84. The van der Waals surface area contributed by atoms with Gasteiger partial charge < -0.3 is 15.0 Å². The molecule has 82 valence electrons. The van der Waals surface area contributed by atoms with E-state index in [4.69, 9.17) is 4.74 Å². The van der Waals surface area contributed by atoms with E-state index >= 15 is 0 Å². The summed E-state index contributed by atoms with van der Waals surface area (Å²) in [7, 11) is 6.09. The third-order valence-corrected chi connectivity index (χ3v) is 3.11. The molecule has 0 aromatic heterocycles. The minimum atomic E-state index is 0.0465. The van der Waals surface area contributed by atoms with Crippen molar-refractivity contribution in [2.75, 3.05) is 39.3 Å². The highest BCUT2D eigenvalue weighted by Crippen LogP contribution is 2.30. The lowest BCUT2D eigenvalue weighted by atomic mass is 9.88. The molecule has 0 saturated carbocycles. The molecule has 1 saturated heterocycles. The minimum absolute atomic E-state index is 0.0465. The fourth-order valence-electron chi connectivity index (χ4n) is 1.84. The molecule has 0 aliphatic carbocycles. The number of anilines is 1. The average Bonchev–Trinajstić information content (AvgIpc) is 2.18. The highest BCUT2D eigenvalue weighted by atomic mass is 16.5. The molecule has 1 heterocycles. The van der Waals surface area contributed by atoms with E-state index in [9.17, 15) is 0 Å². The molecule has 15 heavy (non-hydrogen) atoms. The third kappa shape index (κ3) is 1.73. The lowest BCUT2D eigenvalue weighted by Gasteiger charge is -2.41. The molecular weight excluding hydrogens is 188 g/mol. The molecule has 2 rings (SSSR count). The van der Waals surface area contributed by atoms with Gasteiger partial charge in [-0.15, -0.1) is 0 Å². The Morgan fingerprint density at radius 1 is 1.20 bits per heavy atom. The van der Waals surface area contributed by atoms with Gasteiger partial charge in [0, 0.05) is 19.8 Å². The quantitative estimate of drug-likeness (QED) is 0.804. The largest absolute Gasteiger partial charge is 0.378 e. The molecule has 3 nitrogen and oxygen atoms in total. The van der Waals surface area contributed by atoms with Crippen molar-refractivity contribution in [2.24, 2.45) is 0 Å². The topological polar surface area (TPSA) is 24.5 Å². The highest BCUT2D eigenvalue weighted by Gasteiger charge is 2.38. The first kappa shape index (κ1) is 10.5. The summed E-state index contributed by atoms with van der Waals surface area (Å²) in [5.41, 5.74) is 2.58. The zero-order valence-electron chi connectivity index (χ0n) is 9.58. The van der Waals surface area contributed by atoms with Crippen LogP contribution in [0.25, 0.3) is 0 Å². The van der Waals surface area contributed by atoms with E-state index < -0.39 is 0 Å². The summed E-state index contributed by atoms with van der Waals surface area (Å²) in [5, 5.41) is 3.34. The number of likely N-dealkylation sites (N-methyl/N-ethyl adjacent to an activating group) is 1. The second-order valence-electron chi connectivity index (χ2n) is 4.27. The predicted molar refractivity (Wildman–Crippen MR) is 62.3 cm³/mol. The molecule has 0 unspecified atom stereocenters.